The molecule has 8 heteroatoms. The Hall–Kier alpha value is -3.03. The lowest BCUT2D eigenvalue weighted by Gasteiger charge is -2.24. The summed E-state index contributed by atoms with van der Waals surface area (Å²) >= 11 is 0. The molecule has 2 bridgehead atoms. The second kappa shape index (κ2) is 6.50. The highest BCUT2D eigenvalue weighted by atomic mass is 16.3. The maximum absolute atomic E-state index is 13.0. The second-order valence-electron chi connectivity index (χ2n) is 8.49. The maximum Gasteiger partial charge on any atom is 0.332 e. The zero-order chi connectivity index (χ0) is 20.3. The second-order valence-corrected chi connectivity index (χ2v) is 8.49. The van der Waals surface area contributed by atoms with Gasteiger partial charge in [0, 0.05) is 20.1 Å². The van der Waals surface area contributed by atoms with E-state index in [4.69, 9.17) is 0 Å². The number of fused-ring (bicyclic) bond motifs is 3. The van der Waals surface area contributed by atoms with E-state index in [0.717, 1.165) is 22.5 Å². The van der Waals surface area contributed by atoms with Crippen LogP contribution in [0.2, 0.25) is 0 Å². The lowest BCUT2D eigenvalue weighted by Crippen LogP contribution is -2.37. The number of phenolic OH excluding ortho intramolecular Hbond substituents is 1. The number of rotatable bonds is 4. The molecule has 152 valence electrons. The van der Waals surface area contributed by atoms with Gasteiger partial charge >= 0.3 is 5.69 Å². The van der Waals surface area contributed by atoms with E-state index in [1.807, 2.05) is 16.7 Å². The number of phenols is 1. The van der Waals surface area contributed by atoms with Gasteiger partial charge in [-0.3, -0.25) is 18.5 Å². The summed E-state index contributed by atoms with van der Waals surface area (Å²) in [7, 11) is 3.13. The number of nitrogens with one attached hydrogen (secondary N) is 1. The summed E-state index contributed by atoms with van der Waals surface area (Å²) in [5, 5.41) is 13.2. The molecule has 2 N–H and O–H groups in total. The number of aromatic hydroxyl groups is 1. The molecule has 5 rings (SSSR count). The van der Waals surface area contributed by atoms with Crippen molar-refractivity contribution in [2.45, 2.75) is 38.3 Å². The SMILES string of the molecule is Cn1c(=O)c2c(nc(NC3CC4CCC3C4)n2Cc2ccc(O)cc2)n(C)c1=O. The number of aryl methyl sites for hydroxylation is 1. The molecule has 0 aliphatic heterocycles. The summed E-state index contributed by atoms with van der Waals surface area (Å²) in [5.41, 5.74) is 1.00. The van der Waals surface area contributed by atoms with Crippen LogP contribution >= 0.6 is 0 Å². The van der Waals surface area contributed by atoms with Crippen LogP contribution in [-0.2, 0) is 20.6 Å². The largest absolute Gasteiger partial charge is 0.508 e. The van der Waals surface area contributed by atoms with Crippen LogP contribution < -0.4 is 16.6 Å². The molecule has 2 saturated carbocycles. The standard InChI is InChI=1S/C21H25N5O3/c1-24-18-17(19(28)25(2)21(24)29)26(11-12-4-7-15(27)8-5-12)20(23-18)22-16-10-13-3-6-14(16)9-13/h4-5,7-8,13-14,16,27H,3,6,9-11H2,1-2H3,(H,22,23). The van der Waals surface area contributed by atoms with Crippen LogP contribution in [0, 0.1) is 11.8 Å². The highest BCUT2D eigenvalue weighted by Gasteiger charge is 2.40. The van der Waals surface area contributed by atoms with Crippen molar-refractivity contribution in [1.82, 2.24) is 18.7 Å². The third-order valence-electron chi connectivity index (χ3n) is 6.68. The predicted molar refractivity (Wildman–Crippen MR) is 110 cm³/mol. The molecule has 2 aromatic heterocycles. The summed E-state index contributed by atoms with van der Waals surface area (Å²) in [5.74, 6) is 2.25. The minimum absolute atomic E-state index is 0.197. The smallest absolute Gasteiger partial charge is 0.332 e. The van der Waals surface area contributed by atoms with Crippen molar-refractivity contribution < 1.29 is 5.11 Å². The number of imidazole rings is 1. The van der Waals surface area contributed by atoms with E-state index in [0.29, 0.717) is 35.6 Å². The van der Waals surface area contributed by atoms with Gasteiger partial charge in [0.15, 0.2) is 11.2 Å². The van der Waals surface area contributed by atoms with Crippen molar-refractivity contribution in [3.63, 3.8) is 0 Å². The van der Waals surface area contributed by atoms with E-state index in [-0.39, 0.29) is 17.0 Å². The molecule has 3 aromatic rings. The van der Waals surface area contributed by atoms with E-state index in [1.165, 1.54) is 30.9 Å². The topological polar surface area (TPSA) is 94.1 Å². The van der Waals surface area contributed by atoms with Crippen LogP contribution in [0.5, 0.6) is 5.75 Å². The summed E-state index contributed by atoms with van der Waals surface area (Å²) < 4.78 is 4.42. The molecule has 2 aliphatic carbocycles. The molecular formula is C21H25N5O3. The van der Waals surface area contributed by atoms with Crippen molar-refractivity contribution in [3.05, 3.63) is 50.7 Å². The quantitative estimate of drug-likeness (QED) is 0.702. The predicted octanol–water partition coefficient (Wildman–Crippen LogP) is 1.79. The van der Waals surface area contributed by atoms with E-state index in [2.05, 4.69) is 10.3 Å². The van der Waals surface area contributed by atoms with E-state index >= 15 is 0 Å². The van der Waals surface area contributed by atoms with Gasteiger partial charge in [-0.1, -0.05) is 18.6 Å². The van der Waals surface area contributed by atoms with Gasteiger partial charge in [0.25, 0.3) is 5.56 Å². The average molecular weight is 395 g/mol. The molecule has 2 aliphatic rings. The third kappa shape index (κ3) is 2.85. The average Bonchev–Trinajstić information content (AvgIpc) is 3.42. The number of aromatic nitrogens is 4. The minimum atomic E-state index is -0.386. The summed E-state index contributed by atoms with van der Waals surface area (Å²) in [6.07, 6.45) is 4.93. The van der Waals surface area contributed by atoms with Gasteiger partial charge in [0.1, 0.15) is 5.75 Å². The highest BCUT2D eigenvalue weighted by Crippen LogP contribution is 2.45. The first-order valence-electron chi connectivity index (χ1n) is 10.1. The molecule has 8 nitrogen and oxygen atoms in total. The first kappa shape index (κ1) is 18.0. The molecule has 2 fully saturated rings. The van der Waals surface area contributed by atoms with Crippen LogP contribution in [0.1, 0.15) is 31.2 Å². The van der Waals surface area contributed by atoms with Gasteiger partial charge < -0.3 is 10.4 Å². The fourth-order valence-electron chi connectivity index (χ4n) is 5.08. The van der Waals surface area contributed by atoms with Crippen molar-refractivity contribution in [2.24, 2.45) is 25.9 Å². The van der Waals surface area contributed by atoms with E-state index < -0.39 is 0 Å². The molecule has 0 spiro atoms. The Labute approximate surface area is 167 Å². The Morgan fingerprint density at radius 3 is 2.52 bits per heavy atom. The summed E-state index contributed by atoms with van der Waals surface area (Å²) in [6, 6.07) is 7.27. The highest BCUT2D eigenvalue weighted by molar-refractivity contribution is 5.74. The Morgan fingerprint density at radius 2 is 1.86 bits per heavy atom. The third-order valence-corrected chi connectivity index (χ3v) is 6.68. The van der Waals surface area contributed by atoms with Crippen LogP contribution in [0.15, 0.2) is 33.9 Å². The zero-order valence-electron chi connectivity index (χ0n) is 16.6. The molecule has 0 saturated heterocycles. The summed E-state index contributed by atoms with van der Waals surface area (Å²) in [6.45, 7) is 0.424. The number of benzene rings is 1. The number of nitrogens with zero attached hydrogens (tertiary/aromatic N) is 4. The lowest BCUT2D eigenvalue weighted by molar-refractivity contribution is 0.437. The molecule has 0 radical (unpaired) electrons. The number of anilines is 1. The lowest BCUT2D eigenvalue weighted by atomic mass is 9.95. The number of hydrogen-bond donors (Lipinski definition) is 2. The monoisotopic (exact) mass is 395 g/mol. The normalized spacial score (nSPS) is 23.2. The van der Waals surface area contributed by atoms with Crippen molar-refractivity contribution in [3.8, 4) is 5.75 Å². The van der Waals surface area contributed by atoms with Crippen molar-refractivity contribution >= 4 is 17.1 Å². The van der Waals surface area contributed by atoms with Crippen LogP contribution in [0.4, 0.5) is 5.95 Å². The Morgan fingerprint density at radius 1 is 1.10 bits per heavy atom. The van der Waals surface area contributed by atoms with Crippen molar-refractivity contribution in [1.29, 1.82) is 0 Å². The zero-order valence-corrected chi connectivity index (χ0v) is 16.6. The Balaban J connectivity index is 1.65. The van der Waals surface area contributed by atoms with E-state index in [1.54, 1.807) is 19.2 Å². The first-order chi connectivity index (χ1) is 13.9. The van der Waals surface area contributed by atoms with Gasteiger partial charge in [-0.2, -0.15) is 4.98 Å². The molecule has 3 unspecified atom stereocenters. The van der Waals surface area contributed by atoms with Gasteiger partial charge in [0.05, 0.1) is 6.54 Å². The minimum Gasteiger partial charge on any atom is -0.508 e. The fraction of sp³-hybridized carbons (Fsp3) is 0.476. The Kier molecular flexibility index (Phi) is 4.04. The van der Waals surface area contributed by atoms with E-state index in [9.17, 15) is 14.7 Å². The van der Waals surface area contributed by atoms with Crippen LogP contribution in [0.3, 0.4) is 0 Å². The van der Waals surface area contributed by atoms with Crippen LogP contribution in [0.25, 0.3) is 11.2 Å². The molecule has 29 heavy (non-hydrogen) atoms. The molecular weight excluding hydrogens is 370 g/mol. The van der Waals surface area contributed by atoms with Gasteiger partial charge in [-0.15, -0.1) is 0 Å². The molecule has 2 heterocycles. The van der Waals surface area contributed by atoms with Crippen molar-refractivity contribution in [2.75, 3.05) is 5.32 Å². The molecule has 1 aromatic carbocycles. The maximum atomic E-state index is 13.0. The first-order valence-corrected chi connectivity index (χ1v) is 10.1. The van der Waals surface area contributed by atoms with Crippen LogP contribution in [-0.4, -0.2) is 29.8 Å². The number of hydrogen-bond acceptors (Lipinski definition) is 5. The fourth-order valence-corrected chi connectivity index (χ4v) is 5.08. The van der Waals surface area contributed by atoms with Gasteiger partial charge in [0.2, 0.25) is 5.95 Å². The molecule has 3 atom stereocenters. The van der Waals surface area contributed by atoms with Gasteiger partial charge in [-0.05, 0) is 48.8 Å². The molecule has 0 amide bonds. The summed E-state index contributed by atoms with van der Waals surface area (Å²) in [4.78, 5) is 30.1. The van der Waals surface area contributed by atoms with Gasteiger partial charge in [-0.25, -0.2) is 4.79 Å². The Bertz CT molecular complexity index is 1200.